The lowest BCUT2D eigenvalue weighted by Crippen LogP contribution is -2.60. The second kappa shape index (κ2) is 9.34. The third-order valence-corrected chi connectivity index (χ3v) is 7.75. The van der Waals surface area contributed by atoms with Gasteiger partial charge in [-0.2, -0.15) is 0 Å². The largest absolute Gasteiger partial charge is 0.494 e. The molecule has 0 saturated carbocycles. The van der Waals surface area contributed by atoms with Gasteiger partial charge in [-0.15, -0.1) is 0 Å². The standard InChI is InChI=1S/C27H39N3O6/c1-7-17(15-31)30-21(23(33)29-25(3,4)5)27-14-13-26(6,36-27)19(20(27)24(30)34)22(32)28-16-9-11-18(12-10-16)35-8-2/h9-12,17,19-21,31H,7-8,13-15H2,1-6H3,(H,28,32)(H,29,33)/t17-,19-,20-,21?,26+,27?/m0/s1. The molecular formula is C27H39N3O6. The number of benzene rings is 1. The van der Waals surface area contributed by atoms with Crippen molar-refractivity contribution in [3.8, 4) is 5.75 Å². The van der Waals surface area contributed by atoms with Crippen molar-refractivity contribution in [1.82, 2.24) is 10.2 Å². The smallest absolute Gasteiger partial charge is 0.246 e. The Bertz CT molecular complexity index is 1020. The minimum absolute atomic E-state index is 0.273. The molecule has 9 heteroatoms. The second-order valence-corrected chi connectivity index (χ2v) is 11.4. The number of nitrogens with one attached hydrogen (secondary N) is 2. The Morgan fingerprint density at radius 1 is 1.19 bits per heavy atom. The molecule has 3 aliphatic heterocycles. The van der Waals surface area contributed by atoms with Crippen LogP contribution in [0.15, 0.2) is 24.3 Å². The van der Waals surface area contributed by atoms with E-state index in [1.54, 1.807) is 24.3 Å². The van der Waals surface area contributed by atoms with Gasteiger partial charge in [0, 0.05) is 11.2 Å². The normalized spacial score (nSPS) is 31.8. The van der Waals surface area contributed by atoms with Crippen LogP contribution in [0, 0.1) is 11.8 Å². The molecule has 3 saturated heterocycles. The Morgan fingerprint density at radius 2 is 1.86 bits per heavy atom. The summed E-state index contributed by atoms with van der Waals surface area (Å²) in [7, 11) is 0. The monoisotopic (exact) mass is 501 g/mol. The summed E-state index contributed by atoms with van der Waals surface area (Å²) < 4.78 is 12.1. The van der Waals surface area contributed by atoms with Gasteiger partial charge < -0.3 is 30.1 Å². The fourth-order valence-corrected chi connectivity index (χ4v) is 6.33. The highest BCUT2D eigenvalue weighted by atomic mass is 16.5. The fraction of sp³-hybridized carbons (Fsp3) is 0.667. The lowest BCUT2D eigenvalue weighted by Gasteiger charge is -2.38. The third-order valence-electron chi connectivity index (χ3n) is 7.75. The van der Waals surface area contributed by atoms with E-state index in [1.165, 1.54) is 4.90 Å². The van der Waals surface area contributed by atoms with Gasteiger partial charge in [0.2, 0.25) is 17.7 Å². The van der Waals surface area contributed by atoms with Gasteiger partial charge >= 0.3 is 0 Å². The maximum atomic E-state index is 14.0. The predicted molar refractivity (Wildman–Crippen MR) is 134 cm³/mol. The van der Waals surface area contributed by atoms with Gasteiger partial charge in [0.05, 0.1) is 36.7 Å². The van der Waals surface area contributed by atoms with E-state index in [-0.39, 0.29) is 24.3 Å². The molecule has 3 aliphatic rings. The van der Waals surface area contributed by atoms with E-state index in [9.17, 15) is 19.5 Å². The average Bonchev–Trinajstić information content (AvgIpc) is 3.36. The molecular weight excluding hydrogens is 462 g/mol. The summed E-state index contributed by atoms with van der Waals surface area (Å²) >= 11 is 0. The van der Waals surface area contributed by atoms with Crippen LogP contribution in [-0.4, -0.2) is 69.8 Å². The van der Waals surface area contributed by atoms with E-state index in [0.717, 1.165) is 0 Å². The maximum absolute atomic E-state index is 14.0. The highest BCUT2D eigenvalue weighted by molar-refractivity contribution is 6.02. The molecule has 1 aromatic rings. The first-order valence-corrected chi connectivity index (χ1v) is 12.9. The van der Waals surface area contributed by atoms with E-state index >= 15 is 0 Å². The molecule has 3 heterocycles. The van der Waals surface area contributed by atoms with Crippen molar-refractivity contribution in [2.45, 2.75) is 89.6 Å². The zero-order chi connectivity index (χ0) is 26.5. The summed E-state index contributed by atoms with van der Waals surface area (Å²) in [4.78, 5) is 42.8. The van der Waals surface area contributed by atoms with Crippen LogP contribution in [0.1, 0.15) is 60.8 Å². The Labute approximate surface area is 212 Å². The van der Waals surface area contributed by atoms with Gasteiger partial charge in [-0.05, 0) is 78.1 Å². The van der Waals surface area contributed by atoms with Gasteiger partial charge in [-0.3, -0.25) is 14.4 Å². The van der Waals surface area contributed by atoms with Crippen molar-refractivity contribution in [2.24, 2.45) is 11.8 Å². The lowest BCUT2D eigenvalue weighted by atomic mass is 9.66. The van der Waals surface area contributed by atoms with E-state index < -0.39 is 40.7 Å². The molecule has 1 spiro atoms. The SMILES string of the molecule is CCOc1ccc(NC(=O)[C@@H]2[C@H]3C(=O)N([C@@H](CC)CO)C(C(=O)NC(C)(C)C)C34CC[C@@]2(C)O4)cc1. The Hall–Kier alpha value is -2.65. The number of carbonyl (C=O) groups excluding carboxylic acids is 3. The van der Waals surface area contributed by atoms with Crippen LogP contribution in [0.2, 0.25) is 0 Å². The number of rotatable bonds is 8. The first-order chi connectivity index (χ1) is 16.9. The minimum atomic E-state index is -1.12. The van der Waals surface area contributed by atoms with Crippen molar-refractivity contribution >= 4 is 23.4 Å². The van der Waals surface area contributed by atoms with Gasteiger partial charge in [-0.1, -0.05) is 6.92 Å². The van der Waals surface area contributed by atoms with E-state index in [2.05, 4.69) is 10.6 Å². The number of nitrogens with zero attached hydrogens (tertiary/aromatic N) is 1. The molecule has 1 aromatic carbocycles. The Morgan fingerprint density at radius 3 is 2.42 bits per heavy atom. The Balaban J connectivity index is 1.69. The molecule has 3 amide bonds. The fourth-order valence-electron chi connectivity index (χ4n) is 6.33. The van der Waals surface area contributed by atoms with Gasteiger partial charge in [0.25, 0.3) is 0 Å². The topological polar surface area (TPSA) is 117 Å². The third kappa shape index (κ3) is 4.26. The van der Waals surface area contributed by atoms with Crippen LogP contribution >= 0.6 is 0 Å². The van der Waals surface area contributed by atoms with Crippen molar-refractivity contribution in [1.29, 1.82) is 0 Å². The molecule has 0 aliphatic carbocycles. The molecule has 2 unspecified atom stereocenters. The second-order valence-electron chi connectivity index (χ2n) is 11.4. The van der Waals surface area contributed by atoms with Crippen LogP contribution in [-0.2, 0) is 19.1 Å². The number of ether oxygens (including phenoxy) is 2. The molecule has 198 valence electrons. The highest BCUT2D eigenvalue weighted by Gasteiger charge is 2.78. The summed E-state index contributed by atoms with van der Waals surface area (Å²) in [6.07, 6.45) is 1.53. The zero-order valence-electron chi connectivity index (χ0n) is 22.1. The minimum Gasteiger partial charge on any atom is -0.494 e. The van der Waals surface area contributed by atoms with Gasteiger partial charge in [0.1, 0.15) is 17.4 Å². The number of likely N-dealkylation sites (tertiary alicyclic amines) is 1. The summed E-state index contributed by atoms with van der Waals surface area (Å²) in [5, 5.41) is 16.1. The summed E-state index contributed by atoms with van der Waals surface area (Å²) in [5.74, 6) is -1.81. The molecule has 9 nitrogen and oxygen atoms in total. The van der Waals surface area contributed by atoms with Crippen LogP contribution in [0.3, 0.4) is 0 Å². The van der Waals surface area contributed by atoms with E-state index in [4.69, 9.17) is 9.47 Å². The number of hydrogen-bond donors (Lipinski definition) is 3. The van der Waals surface area contributed by atoms with Gasteiger partial charge in [-0.25, -0.2) is 0 Å². The molecule has 4 rings (SSSR count). The van der Waals surface area contributed by atoms with Crippen LogP contribution in [0.5, 0.6) is 5.75 Å². The van der Waals surface area contributed by atoms with Crippen LogP contribution < -0.4 is 15.4 Å². The van der Waals surface area contributed by atoms with Crippen molar-refractivity contribution in [2.75, 3.05) is 18.5 Å². The Kier molecular flexibility index (Phi) is 6.85. The molecule has 2 bridgehead atoms. The molecule has 3 N–H and O–H groups in total. The quantitative estimate of drug-likeness (QED) is 0.504. The molecule has 0 radical (unpaired) electrons. The first kappa shape index (κ1) is 26.4. The summed E-state index contributed by atoms with van der Waals surface area (Å²) in [6, 6.07) is 5.62. The van der Waals surface area contributed by atoms with Crippen molar-refractivity contribution in [3.63, 3.8) is 0 Å². The predicted octanol–water partition coefficient (Wildman–Crippen LogP) is 2.47. The van der Waals surface area contributed by atoms with Crippen molar-refractivity contribution < 1.29 is 29.0 Å². The number of fused-ring (bicyclic) bond motifs is 1. The lowest BCUT2D eigenvalue weighted by molar-refractivity contribution is -0.149. The van der Waals surface area contributed by atoms with Crippen LogP contribution in [0.4, 0.5) is 5.69 Å². The maximum Gasteiger partial charge on any atom is 0.246 e. The van der Waals surface area contributed by atoms with E-state index in [1.807, 2.05) is 41.5 Å². The number of carbonyl (C=O) groups is 3. The first-order valence-electron chi connectivity index (χ1n) is 12.9. The molecule has 3 fully saturated rings. The zero-order valence-corrected chi connectivity index (χ0v) is 22.1. The van der Waals surface area contributed by atoms with E-state index in [0.29, 0.717) is 37.3 Å². The molecule has 0 aromatic heterocycles. The average molecular weight is 502 g/mol. The molecule has 36 heavy (non-hydrogen) atoms. The van der Waals surface area contributed by atoms with Crippen LogP contribution in [0.25, 0.3) is 0 Å². The van der Waals surface area contributed by atoms with Crippen molar-refractivity contribution in [3.05, 3.63) is 24.3 Å². The number of anilines is 1. The summed E-state index contributed by atoms with van der Waals surface area (Å²) in [5.41, 5.74) is -1.92. The number of hydrogen-bond acceptors (Lipinski definition) is 6. The number of aliphatic hydroxyl groups excluding tert-OH is 1. The molecule has 6 atom stereocenters. The number of aliphatic hydroxyl groups is 1. The highest BCUT2D eigenvalue weighted by Crippen LogP contribution is 2.63. The number of amides is 3. The van der Waals surface area contributed by atoms with Gasteiger partial charge in [0.15, 0.2) is 0 Å². The summed E-state index contributed by atoms with van der Waals surface area (Å²) in [6.45, 7) is 11.5.